The molecule has 1 aromatic carbocycles. The number of hydrogen-bond acceptors (Lipinski definition) is 4. The quantitative estimate of drug-likeness (QED) is 0.822. The van der Waals surface area contributed by atoms with Crippen molar-refractivity contribution in [3.8, 4) is 11.5 Å². The Balaban J connectivity index is 2.10. The molecule has 0 amide bonds. The summed E-state index contributed by atoms with van der Waals surface area (Å²) in [4.78, 5) is 0. The van der Waals surface area contributed by atoms with Crippen LogP contribution in [0.3, 0.4) is 0 Å². The second kappa shape index (κ2) is 7.36. The molecule has 2 rings (SSSR count). The van der Waals surface area contributed by atoms with Crippen LogP contribution in [0.1, 0.15) is 31.9 Å². The van der Waals surface area contributed by atoms with E-state index < -0.39 is 0 Å². The molecule has 4 nitrogen and oxygen atoms in total. The summed E-state index contributed by atoms with van der Waals surface area (Å²) in [5, 5.41) is 3.51. The van der Waals surface area contributed by atoms with Crippen LogP contribution in [0, 0.1) is 0 Å². The average molecular weight is 265 g/mol. The van der Waals surface area contributed by atoms with Gasteiger partial charge < -0.3 is 19.5 Å². The minimum absolute atomic E-state index is 0.204. The molecule has 1 N–H and O–H groups in total. The zero-order chi connectivity index (χ0) is 13.5. The molecule has 0 saturated carbocycles. The molecule has 0 saturated heterocycles. The van der Waals surface area contributed by atoms with Gasteiger partial charge >= 0.3 is 0 Å². The first-order chi connectivity index (χ1) is 9.35. The molecule has 0 fully saturated rings. The highest BCUT2D eigenvalue weighted by molar-refractivity contribution is 5.44. The summed E-state index contributed by atoms with van der Waals surface area (Å²) in [7, 11) is 0. The van der Waals surface area contributed by atoms with Crippen molar-refractivity contribution < 1.29 is 14.2 Å². The van der Waals surface area contributed by atoms with E-state index in [2.05, 4.69) is 24.4 Å². The number of rotatable bonds is 7. The normalized spacial score (nSPS) is 15.3. The number of benzene rings is 1. The van der Waals surface area contributed by atoms with Gasteiger partial charge in [0, 0.05) is 6.61 Å². The van der Waals surface area contributed by atoms with Gasteiger partial charge in [-0.05, 0) is 37.6 Å². The third-order valence-corrected chi connectivity index (χ3v) is 3.10. The molecule has 1 atom stereocenters. The molecule has 0 aromatic heterocycles. The Labute approximate surface area is 115 Å². The molecule has 0 radical (unpaired) electrons. The van der Waals surface area contributed by atoms with Gasteiger partial charge in [-0.1, -0.05) is 13.0 Å². The lowest BCUT2D eigenvalue weighted by atomic mass is 10.1. The maximum absolute atomic E-state index is 5.63. The van der Waals surface area contributed by atoms with Crippen LogP contribution in [0.25, 0.3) is 0 Å². The monoisotopic (exact) mass is 265 g/mol. The lowest BCUT2D eigenvalue weighted by molar-refractivity contribution is 0.122. The summed E-state index contributed by atoms with van der Waals surface area (Å²) >= 11 is 0. The molecule has 0 aliphatic carbocycles. The van der Waals surface area contributed by atoms with Crippen LogP contribution in [0.4, 0.5) is 0 Å². The van der Waals surface area contributed by atoms with E-state index in [9.17, 15) is 0 Å². The van der Waals surface area contributed by atoms with Crippen molar-refractivity contribution >= 4 is 0 Å². The van der Waals surface area contributed by atoms with Crippen molar-refractivity contribution in [2.45, 2.75) is 26.3 Å². The highest BCUT2D eigenvalue weighted by Crippen LogP contribution is 2.32. The first-order valence-electron chi connectivity index (χ1n) is 7.05. The summed E-state index contributed by atoms with van der Waals surface area (Å²) < 4.78 is 16.7. The van der Waals surface area contributed by atoms with Gasteiger partial charge in [0.2, 0.25) is 0 Å². The van der Waals surface area contributed by atoms with Gasteiger partial charge in [0.05, 0.1) is 12.6 Å². The van der Waals surface area contributed by atoms with Gasteiger partial charge in [0.15, 0.2) is 11.5 Å². The van der Waals surface area contributed by atoms with E-state index in [1.165, 1.54) is 5.56 Å². The Morgan fingerprint density at radius 2 is 2.00 bits per heavy atom. The fourth-order valence-corrected chi connectivity index (χ4v) is 2.10. The highest BCUT2D eigenvalue weighted by atomic mass is 16.6. The number of fused-ring (bicyclic) bond motifs is 1. The van der Waals surface area contributed by atoms with Crippen molar-refractivity contribution in [3.05, 3.63) is 23.8 Å². The van der Waals surface area contributed by atoms with E-state index in [-0.39, 0.29) is 6.04 Å². The Morgan fingerprint density at radius 1 is 1.21 bits per heavy atom. The van der Waals surface area contributed by atoms with Crippen molar-refractivity contribution in [1.29, 1.82) is 0 Å². The molecule has 0 spiro atoms. The summed E-state index contributed by atoms with van der Waals surface area (Å²) in [6.45, 7) is 7.81. The van der Waals surface area contributed by atoms with E-state index in [0.29, 0.717) is 19.8 Å². The van der Waals surface area contributed by atoms with E-state index >= 15 is 0 Å². The first-order valence-corrected chi connectivity index (χ1v) is 7.05. The SMILES string of the molecule is CCCNC(COCC)c1ccc2c(c1)OCCO2. The largest absolute Gasteiger partial charge is 0.486 e. The fraction of sp³-hybridized carbons (Fsp3) is 0.600. The van der Waals surface area contributed by atoms with Crippen LogP contribution < -0.4 is 14.8 Å². The van der Waals surface area contributed by atoms with E-state index in [1.807, 2.05) is 13.0 Å². The molecule has 19 heavy (non-hydrogen) atoms. The summed E-state index contributed by atoms with van der Waals surface area (Å²) in [5.41, 5.74) is 1.19. The van der Waals surface area contributed by atoms with Gasteiger partial charge in [-0.25, -0.2) is 0 Å². The van der Waals surface area contributed by atoms with E-state index in [0.717, 1.165) is 31.1 Å². The van der Waals surface area contributed by atoms with Crippen molar-refractivity contribution in [1.82, 2.24) is 5.32 Å². The lowest BCUT2D eigenvalue weighted by Crippen LogP contribution is -2.26. The third kappa shape index (κ3) is 3.85. The van der Waals surface area contributed by atoms with Crippen molar-refractivity contribution in [2.24, 2.45) is 0 Å². The van der Waals surface area contributed by atoms with Gasteiger partial charge in [-0.3, -0.25) is 0 Å². The molecule has 1 unspecified atom stereocenters. The van der Waals surface area contributed by atoms with Gasteiger partial charge in [-0.2, -0.15) is 0 Å². The average Bonchev–Trinajstić information content (AvgIpc) is 2.47. The van der Waals surface area contributed by atoms with Crippen LogP contribution in [-0.4, -0.2) is 33.0 Å². The topological polar surface area (TPSA) is 39.7 Å². The number of nitrogens with one attached hydrogen (secondary N) is 1. The van der Waals surface area contributed by atoms with Crippen LogP contribution in [0.2, 0.25) is 0 Å². The second-order valence-corrected chi connectivity index (χ2v) is 4.57. The smallest absolute Gasteiger partial charge is 0.161 e. The van der Waals surface area contributed by atoms with Crippen LogP contribution in [0.15, 0.2) is 18.2 Å². The Morgan fingerprint density at radius 3 is 2.74 bits per heavy atom. The van der Waals surface area contributed by atoms with Gasteiger partial charge in [0.25, 0.3) is 0 Å². The Hall–Kier alpha value is -1.26. The predicted octanol–water partition coefficient (Wildman–Crippen LogP) is 2.54. The predicted molar refractivity (Wildman–Crippen MR) is 75.0 cm³/mol. The van der Waals surface area contributed by atoms with Crippen molar-refractivity contribution in [2.75, 3.05) is 33.0 Å². The summed E-state index contributed by atoms with van der Waals surface area (Å²) in [5.74, 6) is 1.67. The molecule has 1 heterocycles. The van der Waals surface area contributed by atoms with E-state index in [1.54, 1.807) is 0 Å². The summed E-state index contributed by atoms with van der Waals surface area (Å²) in [6.07, 6.45) is 1.10. The van der Waals surface area contributed by atoms with Crippen LogP contribution >= 0.6 is 0 Å². The number of ether oxygens (including phenoxy) is 3. The highest BCUT2D eigenvalue weighted by Gasteiger charge is 2.16. The Kier molecular flexibility index (Phi) is 5.48. The standard InChI is InChI=1S/C15H23NO3/c1-3-7-16-13(11-17-4-2)12-5-6-14-15(10-12)19-9-8-18-14/h5-6,10,13,16H,3-4,7-9,11H2,1-2H3. The molecular formula is C15H23NO3. The van der Waals surface area contributed by atoms with E-state index in [4.69, 9.17) is 14.2 Å². The number of hydrogen-bond donors (Lipinski definition) is 1. The molecule has 106 valence electrons. The van der Waals surface area contributed by atoms with Crippen LogP contribution in [-0.2, 0) is 4.74 Å². The minimum Gasteiger partial charge on any atom is -0.486 e. The minimum atomic E-state index is 0.204. The van der Waals surface area contributed by atoms with Gasteiger partial charge in [0.1, 0.15) is 13.2 Å². The maximum Gasteiger partial charge on any atom is 0.161 e. The summed E-state index contributed by atoms with van der Waals surface area (Å²) in [6, 6.07) is 6.33. The molecule has 4 heteroatoms. The molecular weight excluding hydrogens is 242 g/mol. The molecule has 1 aromatic rings. The van der Waals surface area contributed by atoms with Crippen molar-refractivity contribution in [3.63, 3.8) is 0 Å². The molecule has 0 bridgehead atoms. The fourth-order valence-electron chi connectivity index (χ4n) is 2.10. The zero-order valence-electron chi connectivity index (χ0n) is 11.8. The third-order valence-electron chi connectivity index (χ3n) is 3.10. The lowest BCUT2D eigenvalue weighted by Gasteiger charge is -2.23. The first kappa shape index (κ1) is 14.2. The van der Waals surface area contributed by atoms with Crippen LogP contribution in [0.5, 0.6) is 11.5 Å². The second-order valence-electron chi connectivity index (χ2n) is 4.57. The van der Waals surface area contributed by atoms with Gasteiger partial charge in [-0.15, -0.1) is 0 Å². The Bertz CT molecular complexity index is 387. The maximum atomic E-state index is 5.63. The molecule has 1 aliphatic rings. The molecule has 1 aliphatic heterocycles. The zero-order valence-corrected chi connectivity index (χ0v) is 11.8.